The fraction of sp³-hybridized carbons (Fsp3) is 0.717. The van der Waals surface area contributed by atoms with Crippen LogP contribution in [0.2, 0.25) is 0 Å². The lowest BCUT2D eigenvalue weighted by molar-refractivity contribution is -0.889. The third-order valence-corrected chi connectivity index (χ3v) is 9.17. The minimum absolute atomic E-state index is 0.0260. The average Bonchev–Trinajstić information content (AvgIpc) is 3.12. The van der Waals surface area contributed by atoms with Crippen LogP contribution in [0, 0.1) is 0 Å². The number of allylic oxidation sites excluding steroid dienone is 10. The van der Waals surface area contributed by atoms with E-state index in [1.165, 1.54) is 51.4 Å². The van der Waals surface area contributed by atoms with Gasteiger partial charge in [-0.15, -0.1) is 0 Å². The number of likely N-dealkylation sites (N-methyl/N-ethyl adjacent to an activating group) is 1. The van der Waals surface area contributed by atoms with Gasteiger partial charge in [0.1, 0.15) is 12.6 Å². The molecule has 54 heavy (non-hydrogen) atoms. The van der Waals surface area contributed by atoms with Gasteiger partial charge in [0.05, 0.1) is 40.3 Å². The molecule has 0 aromatic heterocycles. The van der Waals surface area contributed by atoms with Crippen LogP contribution in [0.15, 0.2) is 60.8 Å². The van der Waals surface area contributed by atoms with E-state index in [9.17, 15) is 19.5 Å². The molecule has 310 valence electrons. The van der Waals surface area contributed by atoms with Crippen molar-refractivity contribution in [3.8, 4) is 0 Å². The molecule has 0 amide bonds. The first-order valence-corrected chi connectivity index (χ1v) is 21.3. The Labute approximate surface area is 330 Å². The van der Waals surface area contributed by atoms with E-state index >= 15 is 0 Å². The Hall–Kier alpha value is -2.97. The Bertz CT molecular complexity index is 1070. The first-order valence-electron chi connectivity index (χ1n) is 21.3. The van der Waals surface area contributed by atoms with E-state index in [0.29, 0.717) is 6.42 Å². The molecule has 2 unspecified atom stereocenters. The Kier molecular flexibility index (Phi) is 34.9. The molecule has 0 heterocycles. The maximum atomic E-state index is 12.6. The van der Waals surface area contributed by atoms with Gasteiger partial charge in [-0.2, -0.15) is 0 Å². The van der Waals surface area contributed by atoms with Crippen LogP contribution in [-0.4, -0.2) is 75.5 Å². The maximum Gasteiger partial charge on any atom is 0.306 e. The molecule has 0 rings (SSSR count). The van der Waals surface area contributed by atoms with Gasteiger partial charge in [-0.3, -0.25) is 9.59 Å². The van der Waals surface area contributed by atoms with Crippen molar-refractivity contribution < 1.29 is 38.2 Å². The minimum atomic E-state index is -1.13. The molecule has 8 heteroatoms. The SMILES string of the molecule is CC/C=C/C/C=C/C/C=C/CCCCCCCCCCCC(=O)OCC(COCCC(C(=O)[O-])[N+](C)(C)C)OC(=O)CCCCC/C=C/C=C/CCCC. The predicted octanol–water partition coefficient (Wildman–Crippen LogP) is 10.1. The molecule has 0 fully saturated rings. The van der Waals surface area contributed by atoms with Crippen molar-refractivity contribution >= 4 is 17.9 Å². The topological polar surface area (TPSA) is 102 Å². The van der Waals surface area contributed by atoms with Crippen LogP contribution in [0.3, 0.4) is 0 Å². The highest BCUT2D eigenvalue weighted by Crippen LogP contribution is 2.13. The van der Waals surface area contributed by atoms with Crippen LogP contribution in [-0.2, 0) is 28.6 Å². The largest absolute Gasteiger partial charge is 0.544 e. The quantitative estimate of drug-likeness (QED) is 0.0204. The minimum Gasteiger partial charge on any atom is -0.544 e. The van der Waals surface area contributed by atoms with Crippen LogP contribution in [0.5, 0.6) is 0 Å². The molecule has 0 radical (unpaired) electrons. The summed E-state index contributed by atoms with van der Waals surface area (Å²) < 4.78 is 17.1. The smallest absolute Gasteiger partial charge is 0.306 e. The second-order valence-corrected chi connectivity index (χ2v) is 15.2. The van der Waals surface area contributed by atoms with E-state index in [1.807, 2.05) is 0 Å². The molecule has 0 aliphatic rings. The highest BCUT2D eigenvalue weighted by molar-refractivity contribution is 5.70. The second-order valence-electron chi connectivity index (χ2n) is 15.2. The second kappa shape index (κ2) is 37.0. The molecular formula is C46H79NO7. The van der Waals surface area contributed by atoms with Crippen LogP contribution >= 0.6 is 0 Å². The summed E-state index contributed by atoms with van der Waals surface area (Å²) in [7, 11) is 5.38. The molecule has 0 aliphatic carbocycles. The number of rotatable bonds is 37. The summed E-state index contributed by atoms with van der Waals surface area (Å²) in [6.07, 6.45) is 43.9. The van der Waals surface area contributed by atoms with Gasteiger partial charge in [0.2, 0.25) is 0 Å². The number of carbonyl (C=O) groups is 3. The fourth-order valence-corrected chi connectivity index (χ4v) is 5.83. The average molecular weight is 758 g/mol. The van der Waals surface area contributed by atoms with Gasteiger partial charge in [0, 0.05) is 19.3 Å². The first-order chi connectivity index (χ1) is 26.1. The Morgan fingerprint density at radius 3 is 1.67 bits per heavy atom. The molecule has 0 aromatic carbocycles. The lowest BCUT2D eigenvalue weighted by Crippen LogP contribution is -2.55. The standard InChI is InChI=1S/C46H79NO7/c1-6-8-10-12-14-16-18-19-20-21-22-23-24-25-27-28-30-32-34-36-44(48)53-41-42(40-52-39-38-43(46(50)51)47(3,4)5)54-45(49)37-35-33-31-29-26-17-15-13-11-9-7-2/h8,10,13-17,19-20,26,42-43H,6-7,9,11-12,18,21-25,27-41H2,1-5H3/b10-8+,15-13+,16-14+,20-19+,26-17+. The van der Waals surface area contributed by atoms with Crippen molar-refractivity contribution in [2.75, 3.05) is 41.0 Å². The number of esters is 2. The summed E-state index contributed by atoms with van der Waals surface area (Å²) in [6, 6.07) is -0.732. The molecular weight excluding hydrogens is 679 g/mol. The highest BCUT2D eigenvalue weighted by atomic mass is 16.6. The van der Waals surface area contributed by atoms with E-state index in [-0.39, 0.29) is 49.1 Å². The van der Waals surface area contributed by atoms with Gasteiger partial charge >= 0.3 is 11.9 Å². The van der Waals surface area contributed by atoms with Gasteiger partial charge in [0.25, 0.3) is 0 Å². The molecule has 0 spiro atoms. The number of ether oxygens (including phenoxy) is 3. The summed E-state index contributed by atoms with van der Waals surface area (Å²) in [5, 5.41) is 11.6. The van der Waals surface area contributed by atoms with Gasteiger partial charge in [-0.1, -0.05) is 139 Å². The van der Waals surface area contributed by atoms with E-state index in [1.54, 1.807) is 21.1 Å². The molecule has 0 saturated heterocycles. The maximum absolute atomic E-state index is 12.6. The van der Waals surface area contributed by atoms with Gasteiger partial charge < -0.3 is 28.6 Å². The van der Waals surface area contributed by atoms with Crippen LogP contribution in [0.25, 0.3) is 0 Å². The lowest BCUT2D eigenvalue weighted by Gasteiger charge is -2.34. The van der Waals surface area contributed by atoms with Gasteiger partial charge in [-0.05, 0) is 64.2 Å². The van der Waals surface area contributed by atoms with Crippen LogP contribution in [0.4, 0.5) is 0 Å². The number of nitrogens with zero attached hydrogens (tertiary/aromatic N) is 1. The normalized spacial score (nSPS) is 13.6. The number of unbranched alkanes of at least 4 members (excludes halogenated alkanes) is 14. The summed E-state index contributed by atoms with van der Waals surface area (Å²) in [5.41, 5.74) is 0. The Morgan fingerprint density at radius 2 is 1.09 bits per heavy atom. The van der Waals surface area contributed by atoms with Crippen molar-refractivity contribution in [2.24, 2.45) is 0 Å². The number of carbonyl (C=O) groups excluding carboxylic acids is 3. The molecule has 0 aromatic rings. The van der Waals surface area contributed by atoms with Crippen LogP contribution in [0.1, 0.15) is 162 Å². The van der Waals surface area contributed by atoms with E-state index < -0.39 is 18.1 Å². The van der Waals surface area contributed by atoms with Crippen molar-refractivity contribution in [3.05, 3.63) is 60.8 Å². The summed E-state index contributed by atoms with van der Waals surface area (Å²) in [4.78, 5) is 36.7. The number of quaternary nitrogens is 1. The third-order valence-electron chi connectivity index (χ3n) is 9.17. The molecule has 0 saturated carbocycles. The summed E-state index contributed by atoms with van der Waals surface area (Å²) in [6.45, 7) is 4.45. The first kappa shape index (κ1) is 51.0. The zero-order chi connectivity index (χ0) is 40.0. The molecule has 8 nitrogen and oxygen atoms in total. The molecule has 0 aliphatic heterocycles. The third kappa shape index (κ3) is 34.8. The van der Waals surface area contributed by atoms with Crippen molar-refractivity contribution in [1.29, 1.82) is 0 Å². The number of hydrogen-bond donors (Lipinski definition) is 0. The zero-order valence-corrected chi connectivity index (χ0v) is 35.1. The lowest BCUT2D eigenvalue weighted by atomic mass is 10.1. The van der Waals surface area contributed by atoms with E-state index in [0.717, 1.165) is 77.0 Å². The molecule has 0 bridgehead atoms. The fourth-order valence-electron chi connectivity index (χ4n) is 5.83. The number of carboxylic acids is 1. The van der Waals surface area contributed by atoms with Crippen molar-refractivity contribution in [3.63, 3.8) is 0 Å². The molecule has 2 atom stereocenters. The number of aliphatic carboxylic acids is 1. The molecule has 0 N–H and O–H groups in total. The van der Waals surface area contributed by atoms with Gasteiger partial charge in [0.15, 0.2) is 6.10 Å². The van der Waals surface area contributed by atoms with Crippen molar-refractivity contribution in [1.82, 2.24) is 0 Å². The number of carboxylic acid groups (broad SMARTS) is 1. The summed E-state index contributed by atoms with van der Waals surface area (Å²) >= 11 is 0. The highest BCUT2D eigenvalue weighted by Gasteiger charge is 2.25. The van der Waals surface area contributed by atoms with Gasteiger partial charge in [-0.25, -0.2) is 0 Å². The summed E-state index contributed by atoms with van der Waals surface area (Å²) in [5.74, 6) is -1.79. The van der Waals surface area contributed by atoms with Crippen molar-refractivity contribution in [2.45, 2.75) is 174 Å². The monoisotopic (exact) mass is 758 g/mol. The Morgan fingerprint density at radius 1 is 0.593 bits per heavy atom. The Balaban J connectivity index is 4.33. The number of hydrogen-bond acceptors (Lipinski definition) is 7. The van der Waals surface area contributed by atoms with Crippen LogP contribution < -0.4 is 5.11 Å². The van der Waals surface area contributed by atoms with E-state index in [2.05, 4.69) is 74.6 Å². The zero-order valence-electron chi connectivity index (χ0n) is 35.1. The predicted molar refractivity (Wildman–Crippen MR) is 222 cm³/mol. The van der Waals surface area contributed by atoms with E-state index in [4.69, 9.17) is 14.2 Å².